The quantitative estimate of drug-likeness (QED) is 0.827. The molecule has 0 radical (unpaired) electrons. The van der Waals surface area contributed by atoms with E-state index in [0.717, 1.165) is 23.7 Å². The van der Waals surface area contributed by atoms with Gasteiger partial charge in [0.1, 0.15) is 0 Å². The van der Waals surface area contributed by atoms with Crippen molar-refractivity contribution >= 4 is 34.5 Å². The Kier molecular flexibility index (Phi) is 4.02. The Labute approximate surface area is 132 Å². The van der Waals surface area contributed by atoms with Crippen molar-refractivity contribution in [2.45, 2.75) is 36.1 Å². The van der Waals surface area contributed by atoms with E-state index >= 15 is 0 Å². The van der Waals surface area contributed by atoms with E-state index in [1.165, 1.54) is 11.8 Å². The molecule has 1 aromatic heterocycles. The summed E-state index contributed by atoms with van der Waals surface area (Å²) in [6, 6.07) is 9.54. The highest BCUT2D eigenvalue weighted by Crippen LogP contribution is 2.28. The number of para-hydroxylation sites is 1. The number of rotatable bonds is 5. The molecule has 1 fully saturated rings. The van der Waals surface area contributed by atoms with E-state index in [-0.39, 0.29) is 5.91 Å². The van der Waals surface area contributed by atoms with Gasteiger partial charge in [0.25, 0.3) is 5.91 Å². The number of carbonyl (C=O) groups excluding carboxylic acids is 2. The third kappa shape index (κ3) is 3.22. The first-order valence-corrected chi connectivity index (χ1v) is 8.09. The summed E-state index contributed by atoms with van der Waals surface area (Å²) in [4.78, 5) is 28.2. The van der Waals surface area contributed by atoms with Gasteiger partial charge in [-0.25, -0.2) is 4.98 Å². The first-order valence-electron chi connectivity index (χ1n) is 7.21. The Morgan fingerprint density at radius 2 is 2.09 bits per heavy atom. The monoisotopic (exact) mass is 315 g/mol. The molecular formula is C16H17N3O2S. The van der Waals surface area contributed by atoms with Crippen LogP contribution in [0.25, 0.3) is 10.9 Å². The Bertz CT molecular complexity index is 743. The van der Waals surface area contributed by atoms with Crippen LogP contribution in [0.3, 0.4) is 0 Å². The highest BCUT2D eigenvalue weighted by atomic mass is 32.2. The fraction of sp³-hybridized carbons (Fsp3) is 0.312. The number of aromatic nitrogens is 1. The number of primary amides is 1. The minimum atomic E-state index is -0.399. The number of hydrogen-bond donors (Lipinski definition) is 2. The second-order valence-corrected chi connectivity index (χ2v) is 6.80. The minimum absolute atomic E-state index is 0.0883. The Balaban J connectivity index is 1.99. The summed E-state index contributed by atoms with van der Waals surface area (Å²) in [7, 11) is 0. The van der Waals surface area contributed by atoms with Gasteiger partial charge in [0.2, 0.25) is 5.91 Å². The Hall–Kier alpha value is -2.08. The topological polar surface area (TPSA) is 85.1 Å². The zero-order chi connectivity index (χ0) is 15.7. The SMILES string of the molecule is C[C@@H](Sc1cc(C(=O)NC2CC2)c2ccccc2n1)C(N)=O. The molecule has 22 heavy (non-hydrogen) atoms. The zero-order valence-corrected chi connectivity index (χ0v) is 13.0. The second kappa shape index (κ2) is 5.96. The molecule has 1 aliphatic carbocycles. The second-order valence-electron chi connectivity index (χ2n) is 5.44. The Morgan fingerprint density at radius 1 is 1.36 bits per heavy atom. The maximum Gasteiger partial charge on any atom is 0.252 e. The molecule has 2 aromatic rings. The van der Waals surface area contributed by atoms with Gasteiger partial charge in [-0.1, -0.05) is 30.0 Å². The third-order valence-corrected chi connectivity index (χ3v) is 4.58. The molecule has 1 heterocycles. The number of pyridine rings is 1. The number of benzene rings is 1. The van der Waals surface area contributed by atoms with Crippen LogP contribution < -0.4 is 11.1 Å². The standard InChI is InChI=1S/C16H17N3O2S/c1-9(15(17)20)22-14-8-12(16(21)18-10-6-7-10)11-4-2-3-5-13(11)19-14/h2-5,8-10H,6-7H2,1H3,(H2,17,20)(H,18,21)/t9-/m1/s1. The Morgan fingerprint density at radius 3 is 2.77 bits per heavy atom. The zero-order valence-electron chi connectivity index (χ0n) is 12.2. The largest absolute Gasteiger partial charge is 0.369 e. The summed E-state index contributed by atoms with van der Waals surface area (Å²) in [5.41, 5.74) is 6.64. The van der Waals surface area contributed by atoms with E-state index in [9.17, 15) is 9.59 Å². The van der Waals surface area contributed by atoms with Crippen LogP contribution in [0, 0.1) is 0 Å². The van der Waals surface area contributed by atoms with Crippen molar-refractivity contribution < 1.29 is 9.59 Å². The molecule has 1 aromatic carbocycles. The number of nitrogens with zero attached hydrogens (tertiary/aromatic N) is 1. The van der Waals surface area contributed by atoms with E-state index in [2.05, 4.69) is 10.3 Å². The van der Waals surface area contributed by atoms with Gasteiger partial charge in [-0.05, 0) is 31.9 Å². The number of fused-ring (bicyclic) bond motifs is 1. The molecule has 3 N–H and O–H groups in total. The fourth-order valence-electron chi connectivity index (χ4n) is 2.13. The average molecular weight is 315 g/mol. The summed E-state index contributed by atoms with van der Waals surface area (Å²) in [6.07, 6.45) is 2.07. The van der Waals surface area contributed by atoms with Crippen LogP contribution in [-0.4, -0.2) is 28.1 Å². The van der Waals surface area contributed by atoms with Gasteiger partial charge in [0.15, 0.2) is 0 Å². The van der Waals surface area contributed by atoms with Gasteiger partial charge >= 0.3 is 0 Å². The van der Waals surface area contributed by atoms with Crippen molar-refractivity contribution in [3.05, 3.63) is 35.9 Å². The molecule has 2 amide bonds. The van der Waals surface area contributed by atoms with Crippen LogP contribution in [0.5, 0.6) is 0 Å². The first kappa shape index (κ1) is 14.8. The van der Waals surface area contributed by atoms with Gasteiger partial charge < -0.3 is 11.1 Å². The average Bonchev–Trinajstić information content (AvgIpc) is 3.30. The van der Waals surface area contributed by atoms with Gasteiger partial charge in [-0.3, -0.25) is 9.59 Å². The van der Waals surface area contributed by atoms with E-state index in [4.69, 9.17) is 5.73 Å². The summed E-state index contributed by atoms with van der Waals surface area (Å²) in [6.45, 7) is 1.73. The molecular weight excluding hydrogens is 298 g/mol. The van der Waals surface area contributed by atoms with Crippen LogP contribution in [0.1, 0.15) is 30.1 Å². The van der Waals surface area contributed by atoms with Crippen molar-refractivity contribution in [3.63, 3.8) is 0 Å². The molecule has 1 saturated carbocycles. The minimum Gasteiger partial charge on any atom is -0.369 e. The van der Waals surface area contributed by atoms with Crippen molar-refractivity contribution in [2.24, 2.45) is 5.73 Å². The van der Waals surface area contributed by atoms with Crippen LogP contribution >= 0.6 is 11.8 Å². The van der Waals surface area contributed by atoms with Gasteiger partial charge in [-0.2, -0.15) is 0 Å². The lowest BCUT2D eigenvalue weighted by Gasteiger charge is -2.11. The highest BCUT2D eigenvalue weighted by Gasteiger charge is 2.25. The molecule has 0 spiro atoms. The predicted molar refractivity (Wildman–Crippen MR) is 86.7 cm³/mol. The van der Waals surface area contributed by atoms with E-state index in [0.29, 0.717) is 16.6 Å². The van der Waals surface area contributed by atoms with Crippen LogP contribution in [0.2, 0.25) is 0 Å². The molecule has 5 nitrogen and oxygen atoms in total. The van der Waals surface area contributed by atoms with Crippen molar-refractivity contribution in [1.82, 2.24) is 10.3 Å². The van der Waals surface area contributed by atoms with Crippen LogP contribution in [0.15, 0.2) is 35.4 Å². The van der Waals surface area contributed by atoms with Crippen molar-refractivity contribution in [2.75, 3.05) is 0 Å². The van der Waals surface area contributed by atoms with E-state index in [1.807, 2.05) is 24.3 Å². The molecule has 114 valence electrons. The number of nitrogens with one attached hydrogen (secondary N) is 1. The lowest BCUT2D eigenvalue weighted by molar-refractivity contribution is -0.117. The fourth-order valence-corrected chi connectivity index (χ4v) is 2.94. The normalized spacial score (nSPS) is 15.5. The number of hydrogen-bond acceptors (Lipinski definition) is 4. The predicted octanol–water partition coefficient (Wildman–Crippen LogP) is 2.09. The van der Waals surface area contributed by atoms with Gasteiger partial charge in [0, 0.05) is 11.4 Å². The molecule has 0 unspecified atom stereocenters. The van der Waals surface area contributed by atoms with Crippen molar-refractivity contribution in [1.29, 1.82) is 0 Å². The molecule has 0 aliphatic heterocycles. The van der Waals surface area contributed by atoms with E-state index in [1.54, 1.807) is 13.0 Å². The van der Waals surface area contributed by atoms with Crippen LogP contribution in [-0.2, 0) is 4.79 Å². The number of nitrogens with two attached hydrogens (primary N) is 1. The van der Waals surface area contributed by atoms with Gasteiger partial charge in [0.05, 0.1) is 21.4 Å². The molecule has 0 saturated heterocycles. The molecule has 6 heteroatoms. The summed E-state index contributed by atoms with van der Waals surface area (Å²) in [5, 5.41) is 4.05. The number of carbonyl (C=O) groups is 2. The molecule has 1 atom stereocenters. The van der Waals surface area contributed by atoms with Crippen molar-refractivity contribution in [3.8, 4) is 0 Å². The molecule has 0 bridgehead atoms. The summed E-state index contributed by atoms with van der Waals surface area (Å²) >= 11 is 1.27. The maximum absolute atomic E-state index is 12.4. The smallest absolute Gasteiger partial charge is 0.252 e. The lowest BCUT2D eigenvalue weighted by atomic mass is 10.1. The summed E-state index contributed by atoms with van der Waals surface area (Å²) in [5.74, 6) is -0.487. The third-order valence-electron chi connectivity index (χ3n) is 3.55. The number of amides is 2. The van der Waals surface area contributed by atoms with Crippen LogP contribution in [0.4, 0.5) is 0 Å². The molecule has 1 aliphatic rings. The number of thioether (sulfide) groups is 1. The maximum atomic E-state index is 12.4. The van der Waals surface area contributed by atoms with Gasteiger partial charge in [-0.15, -0.1) is 0 Å². The lowest BCUT2D eigenvalue weighted by Crippen LogP contribution is -2.26. The van der Waals surface area contributed by atoms with E-state index < -0.39 is 11.2 Å². The highest BCUT2D eigenvalue weighted by molar-refractivity contribution is 8.00. The molecule has 3 rings (SSSR count). The first-order chi connectivity index (χ1) is 10.5. The summed E-state index contributed by atoms with van der Waals surface area (Å²) < 4.78 is 0.